The SMILES string of the molecule is COc1ccc(C(NCc2ccon2)C2CC2)cc1. The third kappa shape index (κ3) is 2.96. The monoisotopic (exact) mass is 258 g/mol. The molecule has 1 fully saturated rings. The van der Waals surface area contributed by atoms with Crippen molar-refractivity contribution in [1.82, 2.24) is 10.5 Å². The first kappa shape index (κ1) is 12.2. The number of nitrogens with one attached hydrogen (secondary N) is 1. The van der Waals surface area contributed by atoms with Gasteiger partial charge in [0.1, 0.15) is 12.0 Å². The fourth-order valence-corrected chi connectivity index (χ4v) is 2.34. The molecular weight excluding hydrogens is 240 g/mol. The van der Waals surface area contributed by atoms with Crippen LogP contribution in [0.5, 0.6) is 5.75 Å². The Morgan fingerprint density at radius 1 is 1.32 bits per heavy atom. The van der Waals surface area contributed by atoms with Crippen molar-refractivity contribution < 1.29 is 9.26 Å². The van der Waals surface area contributed by atoms with E-state index in [0.717, 1.165) is 23.9 Å². The summed E-state index contributed by atoms with van der Waals surface area (Å²) in [6.45, 7) is 0.740. The van der Waals surface area contributed by atoms with Gasteiger partial charge in [-0.3, -0.25) is 0 Å². The molecule has 1 aromatic carbocycles. The molecule has 4 heteroatoms. The summed E-state index contributed by atoms with van der Waals surface area (Å²) in [4.78, 5) is 0. The van der Waals surface area contributed by atoms with E-state index in [9.17, 15) is 0 Å². The van der Waals surface area contributed by atoms with Gasteiger partial charge < -0.3 is 14.6 Å². The molecule has 0 radical (unpaired) electrons. The summed E-state index contributed by atoms with van der Waals surface area (Å²) in [5.41, 5.74) is 2.26. The number of benzene rings is 1. The molecule has 4 nitrogen and oxygen atoms in total. The van der Waals surface area contributed by atoms with E-state index in [1.54, 1.807) is 13.4 Å². The van der Waals surface area contributed by atoms with E-state index in [1.165, 1.54) is 18.4 Å². The second-order valence-corrected chi connectivity index (χ2v) is 4.96. The molecule has 0 bridgehead atoms. The standard InChI is InChI=1S/C15H18N2O2/c1-18-14-6-4-12(5-7-14)15(11-2-3-11)16-10-13-8-9-19-17-13/h4-9,11,15-16H,2-3,10H2,1H3. The third-order valence-corrected chi connectivity index (χ3v) is 3.56. The largest absolute Gasteiger partial charge is 0.497 e. The quantitative estimate of drug-likeness (QED) is 0.865. The molecular formula is C15H18N2O2. The van der Waals surface area contributed by atoms with Crippen LogP contribution in [0.1, 0.15) is 30.1 Å². The number of hydrogen-bond donors (Lipinski definition) is 1. The lowest BCUT2D eigenvalue weighted by Gasteiger charge is -2.18. The van der Waals surface area contributed by atoms with Gasteiger partial charge in [-0.25, -0.2) is 0 Å². The number of aromatic nitrogens is 1. The molecule has 19 heavy (non-hydrogen) atoms. The normalized spacial score (nSPS) is 16.3. The molecule has 1 aliphatic rings. The van der Waals surface area contributed by atoms with Gasteiger partial charge >= 0.3 is 0 Å². The Balaban J connectivity index is 1.69. The number of rotatable bonds is 6. The van der Waals surface area contributed by atoms with E-state index in [-0.39, 0.29) is 0 Å². The molecule has 1 heterocycles. The van der Waals surface area contributed by atoms with Gasteiger partial charge in [0.2, 0.25) is 0 Å². The summed E-state index contributed by atoms with van der Waals surface area (Å²) >= 11 is 0. The predicted octanol–water partition coefficient (Wildman–Crippen LogP) is 2.92. The summed E-state index contributed by atoms with van der Waals surface area (Å²) in [7, 11) is 1.69. The van der Waals surface area contributed by atoms with Crippen LogP contribution >= 0.6 is 0 Å². The van der Waals surface area contributed by atoms with Crippen molar-refractivity contribution in [2.75, 3.05) is 7.11 Å². The highest BCUT2D eigenvalue weighted by Crippen LogP contribution is 2.41. The number of hydrogen-bond acceptors (Lipinski definition) is 4. The van der Waals surface area contributed by atoms with Crippen LogP contribution in [0.25, 0.3) is 0 Å². The molecule has 100 valence electrons. The van der Waals surface area contributed by atoms with E-state index in [2.05, 4.69) is 22.6 Å². The van der Waals surface area contributed by atoms with E-state index >= 15 is 0 Å². The maximum atomic E-state index is 5.20. The minimum absolute atomic E-state index is 0.391. The lowest BCUT2D eigenvalue weighted by Crippen LogP contribution is -2.22. The van der Waals surface area contributed by atoms with Gasteiger partial charge in [-0.05, 0) is 36.5 Å². The lowest BCUT2D eigenvalue weighted by atomic mass is 10.0. The maximum absolute atomic E-state index is 5.20. The third-order valence-electron chi connectivity index (χ3n) is 3.56. The Morgan fingerprint density at radius 2 is 2.11 bits per heavy atom. The molecule has 1 atom stereocenters. The van der Waals surface area contributed by atoms with Gasteiger partial charge in [0.15, 0.2) is 0 Å². The summed E-state index contributed by atoms with van der Waals surface area (Å²) in [5, 5.41) is 7.51. The fourth-order valence-electron chi connectivity index (χ4n) is 2.34. The van der Waals surface area contributed by atoms with Crippen LogP contribution in [-0.4, -0.2) is 12.3 Å². The molecule has 1 N–H and O–H groups in total. The average molecular weight is 258 g/mol. The molecule has 0 aliphatic heterocycles. The lowest BCUT2D eigenvalue weighted by molar-refractivity contribution is 0.400. The van der Waals surface area contributed by atoms with E-state index < -0.39 is 0 Å². The fraction of sp³-hybridized carbons (Fsp3) is 0.400. The Labute approximate surface area is 112 Å². The summed E-state index contributed by atoms with van der Waals surface area (Å²) < 4.78 is 10.1. The molecule has 1 aromatic heterocycles. The van der Waals surface area contributed by atoms with Crippen LogP contribution in [0.2, 0.25) is 0 Å². The van der Waals surface area contributed by atoms with E-state index in [4.69, 9.17) is 9.26 Å². The predicted molar refractivity (Wildman–Crippen MR) is 71.8 cm³/mol. The van der Waals surface area contributed by atoms with Crippen LogP contribution < -0.4 is 10.1 Å². The first-order valence-electron chi connectivity index (χ1n) is 6.63. The number of nitrogens with zero attached hydrogens (tertiary/aromatic N) is 1. The van der Waals surface area contributed by atoms with Crippen LogP contribution in [0, 0.1) is 5.92 Å². The Bertz CT molecular complexity index is 503. The molecule has 1 aliphatic carbocycles. The van der Waals surface area contributed by atoms with Crippen LogP contribution in [0.4, 0.5) is 0 Å². The van der Waals surface area contributed by atoms with Gasteiger partial charge in [0.05, 0.1) is 12.8 Å². The Morgan fingerprint density at radius 3 is 2.68 bits per heavy atom. The average Bonchev–Trinajstić information content (AvgIpc) is 3.15. The minimum atomic E-state index is 0.391. The van der Waals surface area contributed by atoms with Crippen molar-refractivity contribution in [3.05, 3.63) is 47.9 Å². The van der Waals surface area contributed by atoms with Crippen molar-refractivity contribution in [3.63, 3.8) is 0 Å². The van der Waals surface area contributed by atoms with Gasteiger partial charge in [0, 0.05) is 18.7 Å². The topological polar surface area (TPSA) is 47.3 Å². The first-order valence-corrected chi connectivity index (χ1v) is 6.63. The van der Waals surface area contributed by atoms with Crippen LogP contribution in [0.3, 0.4) is 0 Å². The van der Waals surface area contributed by atoms with Crippen molar-refractivity contribution in [2.45, 2.75) is 25.4 Å². The second kappa shape index (κ2) is 5.45. The number of methoxy groups -OCH3 is 1. The van der Waals surface area contributed by atoms with E-state index in [0.29, 0.717) is 6.04 Å². The first-order chi connectivity index (χ1) is 9.36. The van der Waals surface area contributed by atoms with Crippen molar-refractivity contribution in [2.24, 2.45) is 5.92 Å². The van der Waals surface area contributed by atoms with Crippen molar-refractivity contribution in [1.29, 1.82) is 0 Å². The zero-order chi connectivity index (χ0) is 13.1. The van der Waals surface area contributed by atoms with Gasteiger partial charge in [0.25, 0.3) is 0 Å². The maximum Gasteiger partial charge on any atom is 0.124 e. The highest BCUT2D eigenvalue weighted by atomic mass is 16.5. The zero-order valence-electron chi connectivity index (χ0n) is 11.0. The Kier molecular flexibility index (Phi) is 3.51. The van der Waals surface area contributed by atoms with Crippen LogP contribution in [-0.2, 0) is 6.54 Å². The van der Waals surface area contributed by atoms with Crippen LogP contribution in [0.15, 0.2) is 41.1 Å². The molecule has 1 saturated carbocycles. The second-order valence-electron chi connectivity index (χ2n) is 4.96. The molecule has 0 amide bonds. The zero-order valence-corrected chi connectivity index (χ0v) is 11.0. The molecule has 1 unspecified atom stereocenters. The Hall–Kier alpha value is -1.81. The van der Waals surface area contributed by atoms with Gasteiger partial charge in [-0.15, -0.1) is 0 Å². The summed E-state index contributed by atoms with van der Waals surface area (Å²) in [5.74, 6) is 1.63. The highest BCUT2D eigenvalue weighted by molar-refractivity contribution is 5.30. The smallest absolute Gasteiger partial charge is 0.124 e. The molecule has 3 rings (SSSR count). The van der Waals surface area contributed by atoms with Crippen molar-refractivity contribution in [3.8, 4) is 5.75 Å². The summed E-state index contributed by atoms with van der Waals surface area (Å²) in [6.07, 6.45) is 4.20. The van der Waals surface area contributed by atoms with Crippen molar-refractivity contribution >= 4 is 0 Å². The van der Waals surface area contributed by atoms with E-state index in [1.807, 2.05) is 18.2 Å². The van der Waals surface area contributed by atoms with Gasteiger partial charge in [-0.2, -0.15) is 0 Å². The highest BCUT2D eigenvalue weighted by Gasteiger charge is 2.32. The number of ether oxygens (including phenoxy) is 1. The van der Waals surface area contributed by atoms with Gasteiger partial charge in [-0.1, -0.05) is 17.3 Å². The minimum Gasteiger partial charge on any atom is -0.497 e. The molecule has 0 saturated heterocycles. The molecule has 0 spiro atoms. The molecule has 2 aromatic rings. The summed E-state index contributed by atoms with van der Waals surface area (Å²) in [6, 6.07) is 10.6.